The second kappa shape index (κ2) is 8.24. The number of nitrogens with zero attached hydrogens (tertiary/aromatic N) is 1. The van der Waals surface area contributed by atoms with Gasteiger partial charge in [-0.3, -0.25) is 14.5 Å². The van der Waals surface area contributed by atoms with E-state index in [2.05, 4.69) is 10.3 Å². The van der Waals surface area contributed by atoms with Gasteiger partial charge in [0.1, 0.15) is 5.56 Å². The van der Waals surface area contributed by atoms with E-state index in [1.54, 1.807) is 18.2 Å². The molecule has 1 aromatic carbocycles. The summed E-state index contributed by atoms with van der Waals surface area (Å²) in [6.45, 7) is 1.64. The lowest BCUT2D eigenvalue weighted by molar-refractivity contribution is 0.0919. The Bertz CT molecular complexity index is 959. The Morgan fingerprint density at radius 3 is 2.83 bits per heavy atom. The van der Waals surface area contributed by atoms with Crippen LogP contribution in [0.3, 0.4) is 0 Å². The monoisotopic (exact) mass is 401 g/mol. The summed E-state index contributed by atoms with van der Waals surface area (Å²) in [5.74, 6) is 0.859. The van der Waals surface area contributed by atoms with Crippen molar-refractivity contribution >= 4 is 5.91 Å². The van der Waals surface area contributed by atoms with Gasteiger partial charge >= 0.3 is 0 Å². The zero-order chi connectivity index (χ0) is 20.4. The number of hydrogen-bond acceptors (Lipinski definition) is 7. The Morgan fingerprint density at radius 2 is 2.07 bits per heavy atom. The highest BCUT2D eigenvalue weighted by molar-refractivity contribution is 5.93. The van der Waals surface area contributed by atoms with E-state index in [4.69, 9.17) is 14.2 Å². The molecule has 0 bridgehead atoms. The molecule has 0 saturated carbocycles. The molecule has 154 valence electrons. The van der Waals surface area contributed by atoms with Crippen molar-refractivity contribution in [2.45, 2.75) is 25.2 Å². The number of aliphatic hydroxyl groups excluding tert-OH is 1. The highest BCUT2D eigenvalue weighted by Gasteiger charge is 2.29. The van der Waals surface area contributed by atoms with Gasteiger partial charge in [0.2, 0.25) is 6.79 Å². The van der Waals surface area contributed by atoms with E-state index in [0.717, 1.165) is 5.56 Å². The van der Waals surface area contributed by atoms with Crippen molar-refractivity contribution in [2.24, 2.45) is 0 Å². The third-order valence-corrected chi connectivity index (χ3v) is 5.11. The molecule has 0 unspecified atom stereocenters. The van der Waals surface area contributed by atoms with E-state index in [9.17, 15) is 14.7 Å². The Kier molecular flexibility index (Phi) is 5.52. The SMILES string of the molecule is CN(Cc1ccc(C(=O)NCc2ccc3c(c2)OCO3)c(=O)[nH]1)[C@@H]1COC[C@H]1O. The van der Waals surface area contributed by atoms with Crippen molar-refractivity contribution in [1.29, 1.82) is 0 Å². The first-order valence-corrected chi connectivity index (χ1v) is 9.36. The van der Waals surface area contributed by atoms with Crippen LogP contribution in [0.5, 0.6) is 11.5 Å². The van der Waals surface area contributed by atoms with Crippen LogP contribution in [0.15, 0.2) is 35.1 Å². The topological polar surface area (TPSA) is 113 Å². The summed E-state index contributed by atoms with van der Waals surface area (Å²) in [7, 11) is 1.85. The van der Waals surface area contributed by atoms with Crippen molar-refractivity contribution in [3.8, 4) is 11.5 Å². The Hall–Kier alpha value is -2.88. The van der Waals surface area contributed by atoms with Gasteiger partial charge in [-0.05, 0) is 36.9 Å². The van der Waals surface area contributed by atoms with E-state index in [-0.39, 0.29) is 24.9 Å². The van der Waals surface area contributed by atoms with Gasteiger partial charge in [-0.25, -0.2) is 0 Å². The molecule has 29 heavy (non-hydrogen) atoms. The highest BCUT2D eigenvalue weighted by Crippen LogP contribution is 2.32. The van der Waals surface area contributed by atoms with Crippen LogP contribution in [0, 0.1) is 0 Å². The lowest BCUT2D eigenvalue weighted by Crippen LogP contribution is -2.40. The van der Waals surface area contributed by atoms with Crippen LogP contribution in [-0.4, -0.2) is 60.1 Å². The third kappa shape index (κ3) is 4.26. The number of aromatic amines is 1. The summed E-state index contributed by atoms with van der Waals surface area (Å²) in [6.07, 6.45) is -0.548. The van der Waals surface area contributed by atoms with Crippen LogP contribution >= 0.6 is 0 Å². The third-order valence-electron chi connectivity index (χ3n) is 5.11. The molecule has 3 heterocycles. The number of H-pyrrole nitrogens is 1. The zero-order valence-corrected chi connectivity index (χ0v) is 16.0. The number of carbonyl (C=O) groups is 1. The van der Waals surface area contributed by atoms with Crippen LogP contribution in [0.4, 0.5) is 0 Å². The molecule has 0 radical (unpaired) electrons. The number of carbonyl (C=O) groups excluding carboxylic acids is 1. The number of nitrogens with one attached hydrogen (secondary N) is 2. The number of fused-ring (bicyclic) bond motifs is 1. The molecule has 4 rings (SSSR count). The smallest absolute Gasteiger partial charge is 0.261 e. The molecule has 2 aliphatic rings. The fourth-order valence-corrected chi connectivity index (χ4v) is 3.45. The van der Waals surface area contributed by atoms with Gasteiger partial charge < -0.3 is 29.6 Å². The molecule has 1 saturated heterocycles. The van der Waals surface area contributed by atoms with E-state index < -0.39 is 17.6 Å². The number of amides is 1. The summed E-state index contributed by atoms with van der Waals surface area (Å²) in [6, 6.07) is 8.51. The zero-order valence-electron chi connectivity index (χ0n) is 16.0. The first-order chi connectivity index (χ1) is 14.0. The molecule has 2 aliphatic heterocycles. The van der Waals surface area contributed by atoms with Crippen LogP contribution in [-0.2, 0) is 17.8 Å². The van der Waals surface area contributed by atoms with Crippen molar-refractivity contribution < 1.29 is 24.1 Å². The lowest BCUT2D eigenvalue weighted by atomic mass is 10.1. The Labute approximate surface area is 167 Å². The maximum atomic E-state index is 12.4. The minimum absolute atomic E-state index is 0.0429. The van der Waals surface area contributed by atoms with Gasteiger partial charge in [0, 0.05) is 18.8 Å². The van der Waals surface area contributed by atoms with E-state index >= 15 is 0 Å². The second-order valence-corrected chi connectivity index (χ2v) is 7.18. The van der Waals surface area contributed by atoms with Gasteiger partial charge in [0.05, 0.1) is 25.4 Å². The molecule has 3 N–H and O–H groups in total. The molecule has 2 aromatic rings. The number of hydrogen-bond donors (Lipinski definition) is 3. The average Bonchev–Trinajstić information content (AvgIpc) is 3.34. The minimum Gasteiger partial charge on any atom is -0.454 e. The first kappa shape index (κ1) is 19.4. The fourth-order valence-electron chi connectivity index (χ4n) is 3.45. The molecular formula is C20H23N3O6. The summed E-state index contributed by atoms with van der Waals surface area (Å²) >= 11 is 0. The highest BCUT2D eigenvalue weighted by atomic mass is 16.7. The number of benzene rings is 1. The van der Waals surface area contributed by atoms with E-state index in [0.29, 0.717) is 37.0 Å². The fraction of sp³-hybridized carbons (Fsp3) is 0.400. The van der Waals surface area contributed by atoms with Crippen LogP contribution in [0.1, 0.15) is 21.6 Å². The van der Waals surface area contributed by atoms with Gasteiger partial charge in [-0.15, -0.1) is 0 Å². The maximum Gasteiger partial charge on any atom is 0.261 e. The number of likely N-dealkylation sites (N-methyl/N-ethyl adjacent to an activating group) is 1. The number of ether oxygens (including phenoxy) is 3. The van der Waals surface area contributed by atoms with Crippen LogP contribution < -0.4 is 20.3 Å². The summed E-state index contributed by atoms with van der Waals surface area (Å²) in [5, 5.41) is 12.6. The van der Waals surface area contributed by atoms with Crippen LogP contribution in [0.25, 0.3) is 0 Å². The van der Waals surface area contributed by atoms with Gasteiger partial charge in [-0.2, -0.15) is 0 Å². The molecule has 0 spiro atoms. The first-order valence-electron chi connectivity index (χ1n) is 9.36. The van der Waals surface area contributed by atoms with Crippen LogP contribution in [0.2, 0.25) is 0 Å². The van der Waals surface area contributed by atoms with Gasteiger partial charge in [0.15, 0.2) is 11.5 Å². The minimum atomic E-state index is -0.548. The number of rotatable bonds is 6. The molecule has 0 aliphatic carbocycles. The number of aromatic nitrogens is 1. The van der Waals surface area contributed by atoms with Gasteiger partial charge in [-0.1, -0.05) is 6.07 Å². The standard InChI is InChI=1S/C20H23N3O6/c1-23(15-9-27-10-16(15)24)8-13-3-4-14(20(26)22-13)19(25)21-7-12-2-5-17-18(6-12)29-11-28-17/h2-6,15-16,24H,7-11H2,1H3,(H,21,25)(H,22,26)/t15-,16-/m1/s1. The van der Waals surface area contributed by atoms with Crippen molar-refractivity contribution in [1.82, 2.24) is 15.2 Å². The van der Waals surface area contributed by atoms with Crippen molar-refractivity contribution in [3.63, 3.8) is 0 Å². The van der Waals surface area contributed by atoms with Gasteiger partial charge in [0.25, 0.3) is 11.5 Å². The quantitative estimate of drug-likeness (QED) is 0.635. The second-order valence-electron chi connectivity index (χ2n) is 7.18. The number of aliphatic hydroxyl groups is 1. The predicted molar refractivity (Wildman–Crippen MR) is 103 cm³/mol. The molecule has 1 amide bonds. The molecule has 1 aromatic heterocycles. The lowest BCUT2D eigenvalue weighted by Gasteiger charge is -2.25. The summed E-state index contributed by atoms with van der Waals surface area (Å²) in [5.41, 5.74) is 1.09. The Morgan fingerprint density at radius 1 is 1.24 bits per heavy atom. The molecular weight excluding hydrogens is 378 g/mol. The largest absolute Gasteiger partial charge is 0.454 e. The van der Waals surface area contributed by atoms with Crippen molar-refractivity contribution in [2.75, 3.05) is 27.1 Å². The molecule has 2 atom stereocenters. The van der Waals surface area contributed by atoms with Crippen molar-refractivity contribution in [3.05, 3.63) is 57.5 Å². The number of pyridine rings is 1. The van der Waals surface area contributed by atoms with E-state index in [1.807, 2.05) is 18.0 Å². The summed E-state index contributed by atoms with van der Waals surface area (Å²) < 4.78 is 15.8. The predicted octanol–water partition coefficient (Wildman–Crippen LogP) is 0.225. The molecule has 1 fully saturated rings. The average molecular weight is 401 g/mol. The normalized spacial score (nSPS) is 20.2. The molecule has 9 nitrogen and oxygen atoms in total. The summed E-state index contributed by atoms with van der Waals surface area (Å²) in [4.78, 5) is 29.4. The maximum absolute atomic E-state index is 12.4. The van der Waals surface area contributed by atoms with E-state index in [1.165, 1.54) is 6.07 Å². The molecule has 9 heteroatoms. The Balaban J connectivity index is 1.37.